The predicted octanol–water partition coefficient (Wildman–Crippen LogP) is 2.68. The molecule has 0 aliphatic carbocycles. The second-order valence-corrected chi connectivity index (χ2v) is 7.20. The van der Waals surface area contributed by atoms with Crippen LogP contribution >= 0.6 is 0 Å². The van der Waals surface area contributed by atoms with Gasteiger partial charge in [0.1, 0.15) is 0 Å². The van der Waals surface area contributed by atoms with Gasteiger partial charge < -0.3 is 0 Å². The third-order valence-corrected chi connectivity index (χ3v) is 5.76. The van der Waals surface area contributed by atoms with Crippen LogP contribution in [0.1, 0.15) is 38.3 Å². The Labute approximate surface area is 115 Å². The maximum Gasteiger partial charge on any atom is 0.243 e. The number of sulfonamides is 1. The Balaban J connectivity index is 3.30. The fraction of sp³-hybridized carbons (Fsp3) is 0.500. The van der Waals surface area contributed by atoms with E-state index in [-0.39, 0.29) is 4.90 Å². The van der Waals surface area contributed by atoms with Gasteiger partial charge in [0.15, 0.2) is 0 Å². The molecule has 0 N–H and O–H groups in total. The Kier molecular flexibility index (Phi) is 4.39. The van der Waals surface area contributed by atoms with Crippen molar-refractivity contribution >= 4 is 10.0 Å². The summed E-state index contributed by atoms with van der Waals surface area (Å²) in [4.78, 5) is 0.230. The minimum atomic E-state index is -3.53. The van der Waals surface area contributed by atoms with Crippen molar-refractivity contribution in [1.29, 1.82) is 5.26 Å². The first-order valence-corrected chi connectivity index (χ1v) is 7.60. The second kappa shape index (κ2) is 5.32. The van der Waals surface area contributed by atoms with Gasteiger partial charge in [0.2, 0.25) is 10.0 Å². The monoisotopic (exact) mass is 280 g/mol. The maximum atomic E-state index is 12.5. The normalized spacial score (nSPS) is 12.5. The van der Waals surface area contributed by atoms with Gasteiger partial charge in [-0.25, -0.2) is 8.42 Å². The van der Waals surface area contributed by atoms with Crippen molar-refractivity contribution in [2.24, 2.45) is 0 Å². The van der Waals surface area contributed by atoms with Crippen LogP contribution in [0.3, 0.4) is 0 Å². The van der Waals surface area contributed by atoms with Crippen LogP contribution in [0.4, 0.5) is 0 Å². The average molecular weight is 280 g/mol. The summed E-state index contributed by atoms with van der Waals surface area (Å²) in [5.41, 5.74) is 0.725. The summed E-state index contributed by atoms with van der Waals surface area (Å²) in [5.74, 6) is 0. The molecule has 1 aromatic rings. The molecule has 0 fully saturated rings. The van der Waals surface area contributed by atoms with Gasteiger partial charge in [-0.15, -0.1) is 0 Å². The molecular weight excluding hydrogens is 260 g/mol. The summed E-state index contributed by atoms with van der Waals surface area (Å²) in [5, 5.41) is 8.88. The number of aryl methyl sites for hydroxylation is 1. The lowest BCUT2D eigenvalue weighted by atomic mass is 10.0. The molecule has 5 heteroatoms. The molecule has 0 atom stereocenters. The van der Waals surface area contributed by atoms with Crippen LogP contribution < -0.4 is 0 Å². The Morgan fingerprint density at radius 2 is 1.95 bits per heavy atom. The van der Waals surface area contributed by atoms with Crippen molar-refractivity contribution in [2.45, 2.75) is 44.6 Å². The van der Waals surface area contributed by atoms with Crippen LogP contribution in [-0.4, -0.2) is 25.3 Å². The van der Waals surface area contributed by atoms with Crippen molar-refractivity contribution in [2.75, 3.05) is 7.05 Å². The van der Waals surface area contributed by atoms with Crippen LogP contribution in [-0.2, 0) is 10.0 Å². The van der Waals surface area contributed by atoms with E-state index in [2.05, 4.69) is 0 Å². The summed E-state index contributed by atoms with van der Waals surface area (Å²) in [6.07, 6.45) is 0.720. The molecule has 0 aromatic heterocycles. The zero-order valence-electron chi connectivity index (χ0n) is 12.1. The highest BCUT2D eigenvalue weighted by Crippen LogP contribution is 2.26. The van der Waals surface area contributed by atoms with Gasteiger partial charge in [0.25, 0.3) is 0 Å². The minimum absolute atomic E-state index is 0.230. The molecule has 4 nitrogen and oxygen atoms in total. The number of benzene rings is 1. The fourth-order valence-corrected chi connectivity index (χ4v) is 3.29. The molecule has 0 bridgehead atoms. The number of nitrogens with zero attached hydrogens (tertiary/aromatic N) is 2. The third-order valence-electron chi connectivity index (χ3n) is 3.69. The molecule has 0 aliphatic rings. The smallest absolute Gasteiger partial charge is 0.207 e. The van der Waals surface area contributed by atoms with E-state index in [1.165, 1.54) is 10.4 Å². The van der Waals surface area contributed by atoms with E-state index in [1.807, 2.05) is 26.8 Å². The van der Waals surface area contributed by atoms with Gasteiger partial charge in [-0.1, -0.05) is 6.92 Å². The molecule has 104 valence electrons. The van der Waals surface area contributed by atoms with Crippen molar-refractivity contribution in [1.82, 2.24) is 4.31 Å². The van der Waals surface area contributed by atoms with Crippen LogP contribution in [0.25, 0.3) is 0 Å². The summed E-state index contributed by atoms with van der Waals surface area (Å²) in [6, 6.07) is 6.63. The lowest BCUT2D eigenvalue weighted by molar-refractivity contribution is 0.257. The van der Waals surface area contributed by atoms with E-state index in [9.17, 15) is 8.42 Å². The summed E-state index contributed by atoms with van der Waals surface area (Å²) < 4.78 is 26.5. The Morgan fingerprint density at radius 1 is 1.37 bits per heavy atom. The molecule has 0 unspecified atom stereocenters. The topological polar surface area (TPSA) is 61.2 Å². The summed E-state index contributed by atoms with van der Waals surface area (Å²) in [7, 11) is -1.94. The molecule has 1 rings (SSSR count). The van der Waals surface area contributed by atoms with Crippen molar-refractivity contribution in [3.05, 3.63) is 29.3 Å². The molecule has 0 heterocycles. The third kappa shape index (κ3) is 2.96. The first kappa shape index (κ1) is 15.7. The Morgan fingerprint density at radius 3 is 2.37 bits per heavy atom. The van der Waals surface area contributed by atoms with Gasteiger partial charge in [-0.2, -0.15) is 9.57 Å². The van der Waals surface area contributed by atoms with E-state index in [4.69, 9.17) is 5.26 Å². The van der Waals surface area contributed by atoms with Crippen molar-refractivity contribution in [3.63, 3.8) is 0 Å². The molecule has 0 amide bonds. The standard InChI is InChI=1S/C14H20N2O2S/c1-6-14(3,4)16(5)19(17,18)13-8-7-12(10-15)11(2)9-13/h7-9H,6H2,1-5H3. The second-order valence-electron chi connectivity index (χ2n) is 5.23. The molecular formula is C14H20N2O2S. The Bertz CT molecular complexity index is 613. The van der Waals surface area contributed by atoms with Gasteiger partial charge in [0, 0.05) is 12.6 Å². The lowest BCUT2D eigenvalue weighted by Gasteiger charge is -2.33. The highest BCUT2D eigenvalue weighted by molar-refractivity contribution is 7.89. The predicted molar refractivity (Wildman–Crippen MR) is 75.2 cm³/mol. The number of nitriles is 1. The molecule has 0 aliphatic heterocycles. The van der Waals surface area contributed by atoms with Crippen LogP contribution in [0.2, 0.25) is 0 Å². The van der Waals surface area contributed by atoms with E-state index in [0.717, 1.165) is 6.42 Å². The van der Waals surface area contributed by atoms with Gasteiger partial charge in [0.05, 0.1) is 16.5 Å². The quantitative estimate of drug-likeness (QED) is 0.852. The maximum absolute atomic E-state index is 12.5. The first-order chi connectivity index (χ1) is 8.66. The minimum Gasteiger partial charge on any atom is -0.207 e. The zero-order chi connectivity index (χ0) is 14.8. The van der Waals surface area contributed by atoms with Crippen LogP contribution in [0.5, 0.6) is 0 Å². The van der Waals surface area contributed by atoms with Crippen molar-refractivity contribution < 1.29 is 8.42 Å². The van der Waals surface area contributed by atoms with E-state index in [0.29, 0.717) is 11.1 Å². The summed E-state index contributed by atoms with van der Waals surface area (Å²) >= 11 is 0. The molecule has 0 radical (unpaired) electrons. The number of hydrogen-bond acceptors (Lipinski definition) is 3. The molecule has 19 heavy (non-hydrogen) atoms. The summed E-state index contributed by atoms with van der Waals surface area (Å²) in [6.45, 7) is 7.47. The van der Waals surface area contributed by atoms with Crippen molar-refractivity contribution in [3.8, 4) is 6.07 Å². The first-order valence-electron chi connectivity index (χ1n) is 6.16. The highest BCUT2D eigenvalue weighted by atomic mass is 32.2. The lowest BCUT2D eigenvalue weighted by Crippen LogP contribution is -2.44. The molecule has 0 spiro atoms. The zero-order valence-corrected chi connectivity index (χ0v) is 12.9. The van der Waals surface area contributed by atoms with E-state index >= 15 is 0 Å². The molecule has 1 aromatic carbocycles. The fourth-order valence-electron chi connectivity index (χ4n) is 1.63. The van der Waals surface area contributed by atoms with Crippen LogP contribution in [0.15, 0.2) is 23.1 Å². The largest absolute Gasteiger partial charge is 0.243 e. The number of rotatable bonds is 4. The van der Waals surface area contributed by atoms with Crippen LogP contribution in [0, 0.1) is 18.3 Å². The van der Waals surface area contributed by atoms with E-state index in [1.54, 1.807) is 26.1 Å². The van der Waals surface area contributed by atoms with Gasteiger partial charge in [-0.3, -0.25) is 0 Å². The van der Waals surface area contributed by atoms with E-state index < -0.39 is 15.6 Å². The van der Waals surface area contributed by atoms with Gasteiger partial charge in [-0.05, 0) is 51.0 Å². The number of hydrogen-bond donors (Lipinski definition) is 0. The SMILES string of the molecule is CCC(C)(C)N(C)S(=O)(=O)c1ccc(C#N)c(C)c1. The molecule has 0 saturated carbocycles. The highest BCUT2D eigenvalue weighted by Gasteiger charge is 2.32. The Hall–Kier alpha value is -1.38. The average Bonchev–Trinajstić information content (AvgIpc) is 2.37. The molecule has 0 saturated heterocycles. The van der Waals surface area contributed by atoms with Gasteiger partial charge >= 0.3 is 0 Å².